The number of halogens is 3. The Morgan fingerprint density at radius 2 is 1.50 bits per heavy atom. The van der Waals surface area contributed by atoms with Crippen LogP contribution in [0.25, 0.3) is 22.0 Å². The lowest BCUT2D eigenvalue weighted by atomic mass is 10.0. The number of fused-ring (bicyclic) bond motifs is 1. The van der Waals surface area contributed by atoms with Gasteiger partial charge < -0.3 is 14.1 Å². The lowest BCUT2D eigenvalue weighted by Gasteiger charge is -2.11. The van der Waals surface area contributed by atoms with Crippen molar-refractivity contribution < 1.29 is 22.7 Å². The van der Waals surface area contributed by atoms with E-state index in [1.807, 2.05) is 83.6 Å². The summed E-state index contributed by atoms with van der Waals surface area (Å²) in [5, 5.41) is 0.899. The fraction of sp³-hybridized carbons (Fsp3) is 0.100. The fourth-order valence-electron chi connectivity index (χ4n) is 4.32. The molecule has 6 heteroatoms. The number of alkyl halides is 3. The van der Waals surface area contributed by atoms with Crippen molar-refractivity contribution in [2.45, 2.75) is 19.1 Å². The van der Waals surface area contributed by atoms with E-state index < -0.39 is 11.7 Å². The van der Waals surface area contributed by atoms with Crippen LogP contribution in [-0.2, 0) is 23.9 Å². The smallest absolute Gasteiger partial charge is 0.416 e. The molecule has 4 aromatic carbocycles. The maximum atomic E-state index is 13.2. The first-order valence-corrected chi connectivity index (χ1v) is 11.5. The number of hydrogen-bond acceptors (Lipinski definition) is 2. The van der Waals surface area contributed by atoms with Crippen LogP contribution < -0.4 is 4.74 Å². The minimum absolute atomic E-state index is 0.222. The predicted molar refractivity (Wildman–Crippen MR) is 134 cm³/mol. The zero-order valence-corrected chi connectivity index (χ0v) is 19.2. The van der Waals surface area contributed by atoms with Crippen molar-refractivity contribution in [3.8, 4) is 22.6 Å². The van der Waals surface area contributed by atoms with E-state index in [9.17, 15) is 18.0 Å². The molecule has 0 aliphatic rings. The molecule has 0 N–H and O–H groups in total. The maximum Gasteiger partial charge on any atom is 0.416 e. The first-order valence-electron chi connectivity index (χ1n) is 11.5. The maximum absolute atomic E-state index is 13.2. The van der Waals surface area contributed by atoms with Gasteiger partial charge in [-0.2, -0.15) is 13.2 Å². The van der Waals surface area contributed by atoms with E-state index in [1.54, 1.807) is 6.07 Å². The second-order valence-corrected chi connectivity index (χ2v) is 8.52. The molecule has 0 aliphatic carbocycles. The third kappa shape index (κ3) is 5.03. The molecule has 0 bridgehead atoms. The first-order chi connectivity index (χ1) is 17.4. The fourth-order valence-corrected chi connectivity index (χ4v) is 4.32. The van der Waals surface area contributed by atoms with Crippen molar-refractivity contribution in [2.75, 3.05) is 0 Å². The van der Waals surface area contributed by atoms with E-state index in [4.69, 9.17) is 4.74 Å². The monoisotopic (exact) mass is 485 g/mol. The molecule has 0 saturated carbocycles. The normalized spacial score (nSPS) is 11.5. The van der Waals surface area contributed by atoms with E-state index in [1.165, 1.54) is 12.1 Å². The average Bonchev–Trinajstić information content (AvgIpc) is 3.21. The van der Waals surface area contributed by atoms with Crippen LogP contribution in [-0.4, -0.2) is 10.9 Å². The number of benzene rings is 4. The number of para-hydroxylation sites is 1. The number of aromatic nitrogens is 1. The molecule has 0 fully saturated rings. The van der Waals surface area contributed by atoms with Crippen LogP contribution in [0.3, 0.4) is 0 Å². The molecule has 1 aromatic heterocycles. The highest BCUT2D eigenvalue weighted by Gasteiger charge is 2.30. The van der Waals surface area contributed by atoms with Crippen LogP contribution >= 0.6 is 0 Å². The van der Waals surface area contributed by atoms with Crippen molar-refractivity contribution in [3.63, 3.8) is 0 Å². The standard InChI is InChI=1S/C30H22F3NO2/c31-30(32,33)25-6-4-5-21(17-25)19-34-20-24(15-16-35)28-18-23(11-14-29(28)34)22-9-12-27(13-10-22)36-26-7-2-1-3-8-26/h1-14,16-18,20H,15,19H2. The number of ether oxygens (including phenoxy) is 1. The summed E-state index contributed by atoms with van der Waals surface area (Å²) >= 11 is 0. The molecule has 180 valence electrons. The second kappa shape index (κ2) is 9.74. The molecule has 0 spiro atoms. The van der Waals surface area contributed by atoms with Gasteiger partial charge in [0.25, 0.3) is 0 Å². The number of hydrogen-bond donors (Lipinski definition) is 0. The van der Waals surface area contributed by atoms with E-state index >= 15 is 0 Å². The molecule has 0 unspecified atom stereocenters. The highest BCUT2D eigenvalue weighted by molar-refractivity contribution is 5.90. The Labute approximate surface area is 206 Å². The predicted octanol–water partition coefficient (Wildman–Crippen LogP) is 7.91. The lowest BCUT2D eigenvalue weighted by molar-refractivity contribution is -0.137. The zero-order valence-electron chi connectivity index (χ0n) is 19.2. The van der Waals surface area contributed by atoms with Crippen LogP contribution in [0.5, 0.6) is 11.5 Å². The van der Waals surface area contributed by atoms with Gasteiger partial charge in [-0.3, -0.25) is 0 Å². The third-order valence-electron chi connectivity index (χ3n) is 6.04. The molecule has 36 heavy (non-hydrogen) atoms. The number of rotatable bonds is 7. The summed E-state index contributed by atoms with van der Waals surface area (Å²) < 4.78 is 47.2. The Morgan fingerprint density at radius 1 is 0.778 bits per heavy atom. The molecule has 0 atom stereocenters. The topological polar surface area (TPSA) is 31.2 Å². The van der Waals surface area contributed by atoms with E-state index in [2.05, 4.69) is 0 Å². The summed E-state index contributed by atoms with van der Waals surface area (Å²) in [6, 6.07) is 28.5. The van der Waals surface area contributed by atoms with Gasteiger partial charge >= 0.3 is 6.18 Å². The molecule has 5 rings (SSSR count). The van der Waals surface area contributed by atoms with E-state index in [-0.39, 0.29) is 13.0 Å². The lowest BCUT2D eigenvalue weighted by Crippen LogP contribution is -2.06. The SMILES string of the molecule is O=CCc1cn(Cc2cccc(C(F)(F)F)c2)c2ccc(-c3ccc(Oc4ccccc4)cc3)cc12. The van der Waals surface area contributed by atoms with Crippen LogP contribution in [0.15, 0.2) is 103 Å². The highest BCUT2D eigenvalue weighted by atomic mass is 19.4. The largest absolute Gasteiger partial charge is 0.457 e. The summed E-state index contributed by atoms with van der Waals surface area (Å²) in [7, 11) is 0. The summed E-state index contributed by atoms with van der Waals surface area (Å²) in [6.07, 6.45) is -1.49. The minimum atomic E-state index is -4.39. The quantitative estimate of drug-likeness (QED) is 0.219. The molecular weight excluding hydrogens is 463 g/mol. The van der Waals surface area contributed by atoms with Gasteiger partial charge in [0, 0.05) is 30.1 Å². The average molecular weight is 486 g/mol. The van der Waals surface area contributed by atoms with Gasteiger partial charge in [-0.1, -0.05) is 48.5 Å². The van der Waals surface area contributed by atoms with Crippen molar-refractivity contribution in [3.05, 3.63) is 120 Å². The third-order valence-corrected chi connectivity index (χ3v) is 6.04. The van der Waals surface area contributed by atoms with Gasteiger partial charge in [0.15, 0.2) is 0 Å². The van der Waals surface area contributed by atoms with Gasteiger partial charge in [-0.25, -0.2) is 0 Å². The van der Waals surface area contributed by atoms with Crippen LogP contribution in [0.2, 0.25) is 0 Å². The van der Waals surface area contributed by atoms with Gasteiger partial charge in [-0.05, 0) is 70.8 Å². The molecule has 5 aromatic rings. The molecule has 3 nitrogen and oxygen atoms in total. The van der Waals surface area contributed by atoms with Gasteiger partial charge in [0.2, 0.25) is 0 Å². The Balaban J connectivity index is 1.45. The summed E-state index contributed by atoms with van der Waals surface area (Å²) in [5.74, 6) is 1.48. The Morgan fingerprint density at radius 3 is 2.22 bits per heavy atom. The van der Waals surface area contributed by atoms with Crippen LogP contribution in [0.4, 0.5) is 13.2 Å². The second-order valence-electron chi connectivity index (χ2n) is 8.52. The number of carbonyl (C=O) groups excluding carboxylic acids is 1. The van der Waals surface area contributed by atoms with Crippen LogP contribution in [0, 0.1) is 0 Å². The van der Waals surface area contributed by atoms with Gasteiger partial charge in [-0.15, -0.1) is 0 Å². The van der Waals surface area contributed by atoms with Crippen LogP contribution in [0.1, 0.15) is 16.7 Å². The van der Waals surface area contributed by atoms with Crippen molar-refractivity contribution >= 4 is 17.2 Å². The number of nitrogens with zero attached hydrogens (tertiary/aromatic N) is 1. The Hall–Kier alpha value is -4.32. The van der Waals surface area contributed by atoms with E-state index in [0.29, 0.717) is 5.56 Å². The van der Waals surface area contributed by atoms with Crippen molar-refractivity contribution in [1.82, 2.24) is 4.57 Å². The van der Waals surface area contributed by atoms with Crippen molar-refractivity contribution in [2.24, 2.45) is 0 Å². The van der Waals surface area contributed by atoms with Crippen molar-refractivity contribution in [1.29, 1.82) is 0 Å². The number of carbonyl (C=O) groups is 1. The van der Waals surface area contributed by atoms with E-state index in [0.717, 1.165) is 51.4 Å². The van der Waals surface area contributed by atoms with Gasteiger partial charge in [0.05, 0.1) is 5.56 Å². The van der Waals surface area contributed by atoms with Gasteiger partial charge in [0.1, 0.15) is 17.8 Å². The minimum Gasteiger partial charge on any atom is -0.457 e. The highest BCUT2D eigenvalue weighted by Crippen LogP contribution is 2.32. The Bertz CT molecular complexity index is 1500. The molecule has 0 radical (unpaired) electrons. The summed E-state index contributed by atoms with van der Waals surface area (Å²) in [5.41, 5.74) is 3.51. The summed E-state index contributed by atoms with van der Waals surface area (Å²) in [6.45, 7) is 0.268. The molecular formula is C30H22F3NO2. The molecule has 0 saturated heterocycles. The molecule has 0 amide bonds. The number of aldehydes is 1. The molecule has 0 aliphatic heterocycles. The Kier molecular flexibility index (Phi) is 6.34. The summed E-state index contributed by atoms with van der Waals surface area (Å²) in [4.78, 5) is 11.3. The zero-order chi connectivity index (χ0) is 25.1. The first kappa shape index (κ1) is 23.4. The molecule has 1 heterocycles.